The number of aliphatic hydroxyl groups excluding tert-OH is 1. The van der Waals surface area contributed by atoms with E-state index in [0.29, 0.717) is 6.61 Å². The first-order valence-corrected chi connectivity index (χ1v) is 6.01. The number of hydrogen-bond acceptors (Lipinski definition) is 4. The fourth-order valence-corrected chi connectivity index (χ4v) is 2.20. The molecule has 2 rings (SSSR count). The lowest BCUT2D eigenvalue weighted by Crippen LogP contribution is -2.49. The number of pyridine rings is 1. The monoisotopic (exact) mass is 236 g/mol. The predicted octanol–water partition coefficient (Wildman–Crippen LogP) is 1.75. The third-order valence-electron chi connectivity index (χ3n) is 2.99. The minimum atomic E-state index is -0.496. The van der Waals surface area contributed by atoms with Gasteiger partial charge in [0.25, 0.3) is 0 Å². The topological polar surface area (TPSA) is 45.6 Å². The first kappa shape index (κ1) is 12.3. The quantitative estimate of drug-likeness (QED) is 0.849. The first-order valence-electron chi connectivity index (χ1n) is 6.01. The first-order chi connectivity index (χ1) is 7.99. The molecule has 0 aliphatic carbocycles. The molecule has 0 bridgehead atoms. The average Bonchev–Trinajstić information content (AvgIpc) is 2.27. The second kappa shape index (κ2) is 4.63. The van der Waals surface area contributed by atoms with Gasteiger partial charge in [0.1, 0.15) is 5.82 Å². The van der Waals surface area contributed by atoms with Crippen molar-refractivity contribution < 1.29 is 9.84 Å². The van der Waals surface area contributed by atoms with E-state index >= 15 is 0 Å². The highest BCUT2D eigenvalue weighted by atomic mass is 16.5. The normalized spacial score (nSPS) is 21.3. The molecule has 0 radical (unpaired) electrons. The van der Waals surface area contributed by atoms with Gasteiger partial charge in [-0.05, 0) is 26.8 Å². The Morgan fingerprint density at radius 1 is 1.53 bits per heavy atom. The molecule has 1 aliphatic rings. The number of hydrogen-bond donors (Lipinski definition) is 1. The molecule has 0 spiro atoms. The van der Waals surface area contributed by atoms with E-state index in [4.69, 9.17) is 4.74 Å². The van der Waals surface area contributed by atoms with Gasteiger partial charge in [0.05, 0.1) is 18.3 Å². The molecule has 1 N–H and O–H groups in total. The number of anilines is 1. The Kier molecular flexibility index (Phi) is 3.35. The highest BCUT2D eigenvalue weighted by Crippen LogP contribution is 2.27. The molecular formula is C13H20N2O2. The molecule has 94 valence electrons. The number of morpholine rings is 1. The zero-order valence-corrected chi connectivity index (χ0v) is 10.7. The summed E-state index contributed by atoms with van der Waals surface area (Å²) in [5.41, 5.74) is 0.719. The van der Waals surface area contributed by atoms with E-state index in [1.807, 2.05) is 12.1 Å². The number of ether oxygens (including phenoxy) is 1. The summed E-state index contributed by atoms with van der Waals surface area (Å²) in [6.07, 6.45) is 1.27. The van der Waals surface area contributed by atoms with Gasteiger partial charge in [-0.25, -0.2) is 4.98 Å². The molecule has 4 nitrogen and oxygen atoms in total. The van der Waals surface area contributed by atoms with Crippen LogP contribution in [0.15, 0.2) is 18.3 Å². The van der Waals surface area contributed by atoms with Crippen molar-refractivity contribution in [2.24, 2.45) is 0 Å². The average molecular weight is 236 g/mol. The van der Waals surface area contributed by atoms with Gasteiger partial charge in [0.15, 0.2) is 0 Å². The van der Waals surface area contributed by atoms with Crippen molar-refractivity contribution >= 4 is 5.82 Å². The molecule has 0 amide bonds. The van der Waals surface area contributed by atoms with Crippen molar-refractivity contribution in [3.63, 3.8) is 0 Å². The molecule has 4 heteroatoms. The standard InChI is InChI=1S/C13H20N2O2/c1-10(16)11-5-4-6-14-12(11)15-7-8-17-13(2,3)9-15/h4-6,10,16H,7-9H2,1-3H3/t10-/m0/s1. The summed E-state index contributed by atoms with van der Waals surface area (Å²) in [5, 5.41) is 9.77. The molecule has 1 aromatic heterocycles. The van der Waals surface area contributed by atoms with Gasteiger partial charge in [-0.1, -0.05) is 6.07 Å². The Balaban J connectivity index is 2.27. The number of aliphatic hydroxyl groups is 1. The van der Waals surface area contributed by atoms with E-state index < -0.39 is 6.10 Å². The van der Waals surface area contributed by atoms with Gasteiger partial charge in [-0.15, -0.1) is 0 Å². The van der Waals surface area contributed by atoms with E-state index in [1.54, 1.807) is 13.1 Å². The molecule has 1 aliphatic heterocycles. The summed E-state index contributed by atoms with van der Waals surface area (Å²) in [5.74, 6) is 0.874. The van der Waals surface area contributed by atoms with E-state index in [9.17, 15) is 5.11 Å². The molecule has 17 heavy (non-hydrogen) atoms. The minimum absolute atomic E-state index is 0.161. The van der Waals surface area contributed by atoms with Gasteiger partial charge in [0, 0.05) is 24.8 Å². The van der Waals surface area contributed by atoms with Crippen molar-refractivity contribution in [1.29, 1.82) is 0 Å². The SMILES string of the molecule is C[C@H](O)c1cccnc1N1CCOC(C)(C)C1. The minimum Gasteiger partial charge on any atom is -0.389 e. The molecule has 1 fully saturated rings. The lowest BCUT2D eigenvalue weighted by Gasteiger charge is -2.39. The van der Waals surface area contributed by atoms with Crippen molar-refractivity contribution in [2.45, 2.75) is 32.5 Å². The van der Waals surface area contributed by atoms with Crippen LogP contribution in [0.4, 0.5) is 5.82 Å². The van der Waals surface area contributed by atoms with Crippen molar-refractivity contribution in [1.82, 2.24) is 4.98 Å². The van der Waals surface area contributed by atoms with Crippen LogP contribution >= 0.6 is 0 Å². The summed E-state index contributed by atoms with van der Waals surface area (Å²) in [4.78, 5) is 6.59. The summed E-state index contributed by atoms with van der Waals surface area (Å²) in [6.45, 7) is 8.23. The van der Waals surface area contributed by atoms with E-state index in [2.05, 4.69) is 23.7 Å². The predicted molar refractivity (Wildman–Crippen MR) is 67.1 cm³/mol. The van der Waals surface area contributed by atoms with Crippen LogP contribution in [-0.4, -0.2) is 35.4 Å². The number of nitrogens with zero attached hydrogens (tertiary/aromatic N) is 2. The van der Waals surface area contributed by atoms with Crippen LogP contribution in [0.3, 0.4) is 0 Å². The molecule has 0 saturated carbocycles. The molecule has 1 atom stereocenters. The van der Waals surface area contributed by atoms with E-state index in [-0.39, 0.29) is 5.60 Å². The Labute approximate surface area is 102 Å². The van der Waals surface area contributed by atoms with Crippen LogP contribution in [0.1, 0.15) is 32.4 Å². The third kappa shape index (κ3) is 2.76. The van der Waals surface area contributed by atoms with Crippen LogP contribution in [0, 0.1) is 0 Å². The number of aromatic nitrogens is 1. The fraction of sp³-hybridized carbons (Fsp3) is 0.615. The number of rotatable bonds is 2. The van der Waals surface area contributed by atoms with Crippen LogP contribution in [0.25, 0.3) is 0 Å². The van der Waals surface area contributed by atoms with Gasteiger partial charge in [0.2, 0.25) is 0 Å². The fourth-order valence-electron chi connectivity index (χ4n) is 2.20. The molecule has 1 aromatic rings. The maximum Gasteiger partial charge on any atom is 0.134 e. The molecule has 0 unspecified atom stereocenters. The highest BCUT2D eigenvalue weighted by Gasteiger charge is 2.29. The second-order valence-corrected chi connectivity index (χ2v) is 5.12. The Bertz CT molecular complexity index is 391. The van der Waals surface area contributed by atoms with Crippen LogP contribution in [-0.2, 0) is 4.74 Å². The zero-order chi connectivity index (χ0) is 12.5. The van der Waals surface area contributed by atoms with Crippen LogP contribution < -0.4 is 4.90 Å². The summed E-state index contributed by atoms with van der Waals surface area (Å²) in [6, 6.07) is 3.78. The zero-order valence-electron chi connectivity index (χ0n) is 10.7. The van der Waals surface area contributed by atoms with Crippen molar-refractivity contribution in [3.05, 3.63) is 23.9 Å². The largest absolute Gasteiger partial charge is 0.389 e. The second-order valence-electron chi connectivity index (χ2n) is 5.12. The Morgan fingerprint density at radius 2 is 2.29 bits per heavy atom. The van der Waals surface area contributed by atoms with Gasteiger partial charge in [-0.2, -0.15) is 0 Å². The lowest BCUT2D eigenvalue weighted by atomic mass is 10.1. The summed E-state index contributed by atoms with van der Waals surface area (Å²) >= 11 is 0. The van der Waals surface area contributed by atoms with Crippen molar-refractivity contribution in [2.75, 3.05) is 24.6 Å². The maximum absolute atomic E-state index is 9.77. The summed E-state index contributed by atoms with van der Waals surface area (Å²) in [7, 11) is 0. The van der Waals surface area contributed by atoms with Crippen molar-refractivity contribution in [3.8, 4) is 0 Å². The smallest absolute Gasteiger partial charge is 0.134 e. The maximum atomic E-state index is 9.77. The molecule has 2 heterocycles. The third-order valence-corrected chi connectivity index (χ3v) is 2.99. The van der Waals surface area contributed by atoms with Gasteiger partial charge in [-0.3, -0.25) is 0 Å². The van der Waals surface area contributed by atoms with Crippen LogP contribution in [0.5, 0.6) is 0 Å². The lowest BCUT2D eigenvalue weighted by molar-refractivity contribution is -0.0280. The van der Waals surface area contributed by atoms with E-state index in [0.717, 1.165) is 24.5 Å². The Morgan fingerprint density at radius 3 is 2.94 bits per heavy atom. The summed E-state index contributed by atoms with van der Waals surface area (Å²) < 4.78 is 5.69. The molecular weight excluding hydrogens is 216 g/mol. The van der Waals surface area contributed by atoms with E-state index in [1.165, 1.54) is 0 Å². The van der Waals surface area contributed by atoms with Crippen LogP contribution in [0.2, 0.25) is 0 Å². The van der Waals surface area contributed by atoms with Gasteiger partial charge >= 0.3 is 0 Å². The van der Waals surface area contributed by atoms with Gasteiger partial charge < -0.3 is 14.7 Å². The molecule has 1 saturated heterocycles. The Hall–Kier alpha value is -1.13. The molecule has 0 aromatic carbocycles. The highest BCUT2D eigenvalue weighted by molar-refractivity contribution is 5.48.